The van der Waals surface area contributed by atoms with Crippen LogP contribution in [0.25, 0.3) is 0 Å². The van der Waals surface area contributed by atoms with E-state index in [1.807, 2.05) is 0 Å². The number of nitrogens with one attached hydrogen (secondary N) is 1. The number of rotatable bonds is 5. The monoisotopic (exact) mass is 278 g/mol. The van der Waals surface area contributed by atoms with Crippen molar-refractivity contribution in [3.05, 3.63) is 18.1 Å². The summed E-state index contributed by atoms with van der Waals surface area (Å²) >= 11 is 0. The minimum atomic E-state index is -0.467. The van der Waals surface area contributed by atoms with E-state index in [0.29, 0.717) is 5.82 Å². The van der Waals surface area contributed by atoms with Crippen molar-refractivity contribution in [3.8, 4) is 0 Å². The van der Waals surface area contributed by atoms with Gasteiger partial charge in [-0.3, -0.25) is 4.98 Å². The van der Waals surface area contributed by atoms with Gasteiger partial charge in [-0.1, -0.05) is 6.92 Å². The molecule has 2 rings (SSSR count). The van der Waals surface area contributed by atoms with Crippen molar-refractivity contribution in [2.24, 2.45) is 5.92 Å². The van der Waals surface area contributed by atoms with Gasteiger partial charge in [0, 0.05) is 13.1 Å². The normalized spacial score (nSPS) is 16.9. The van der Waals surface area contributed by atoms with Crippen LogP contribution in [-0.4, -0.2) is 54.1 Å². The quantitative estimate of drug-likeness (QED) is 0.821. The fraction of sp³-hybridized carbons (Fsp3) is 0.643. The highest BCUT2D eigenvalue weighted by molar-refractivity contribution is 5.87. The molecule has 1 fully saturated rings. The first kappa shape index (κ1) is 14.7. The molecule has 110 valence electrons. The summed E-state index contributed by atoms with van der Waals surface area (Å²) in [6, 6.07) is 0. The maximum absolute atomic E-state index is 11.4. The molecule has 0 unspecified atom stereocenters. The Bertz CT molecular complexity index is 445. The van der Waals surface area contributed by atoms with Gasteiger partial charge >= 0.3 is 5.97 Å². The van der Waals surface area contributed by atoms with E-state index in [1.165, 1.54) is 26.1 Å². The number of aromatic nitrogens is 2. The summed E-state index contributed by atoms with van der Waals surface area (Å²) in [4.78, 5) is 22.0. The highest BCUT2D eigenvalue weighted by atomic mass is 16.5. The summed E-state index contributed by atoms with van der Waals surface area (Å²) < 4.78 is 4.62. The number of ether oxygens (including phenoxy) is 1. The largest absolute Gasteiger partial charge is 0.464 e. The second-order valence-electron chi connectivity index (χ2n) is 5.23. The number of methoxy groups -OCH3 is 1. The Morgan fingerprint density at radius 1 is 1.45 bits per heavy atom. The molecule has 1 aliphatic rings. The fourth-order valence-electron chi connectivity index (χ4n) is 2.28. The Labute approximate surface area is 119 Å². The van der Waals surface area contributed by atoms with Gasteiger partial charge < -0.3 is 15.0 Å². The van der Waals surface area contributed by atoms with E-state index < -0.39 is 5.97 Å². The first-order valence-corrected chi connectivity index (χ1v) is 7.05. The molecule has 0 spiro atoms. The summed E-state index contributed by atoms with van der Waals surface area (Å²) in [5.41, 5.74) is 0.226. The van der Waals surface area contributed by atoms with Crippen LogP contribution in [0.5, 0.6) is 0 Å². The molecular weight excluding hydrogens is 256 g/mol. The molecule has 6 heteroatoms. The van der Waals surface area contributed by atoms with Gasteiger partial charge in [0.1, 0.15) is 5.82 Å². The van der Waals surface area contributed by atoms with Crippen molar-refractivity contribution in [3.63, 3.8) is 0 Å². The molecule has 2 heterocycles. The van der Waals surface area contributed by atoms with Crippen LogP contribution in [0.3, 0.4) is 0 Å². The van der Waals surface area contributed by atoms with Crippen LogP contribution in [0.1, 0.15) is 30.3 Å². The topological polar surface area (TPSA) is 67.3 Å². The smallest absolute Gasteiger partial charge is 0.358 e. The minimum absolute atomic E-state index is 0.226. The number of carbonyl (C=O) groups is 1. The number of hydrogen-bond acceptors (Lipinski definition) is 6. The van der Waals surface area contributed by atoms with Gasteiger partial charge in [-0.2, -0.15) is 0 Å². The highest BCUT2D eigenvalue weighted by Gasteiger charge is 2.15. The number of piperidine rings is 1. The zero-order valence-electron chi connectivity index (χ0n) is 12.1. The number of nitrogens with zero attached hydrogens (tertiary/aromatic N) is 3. The molecule has 0 atom stereocenters. The summed E-state index contributed by atoms with van der Waals surface area (Å²) in [5.74, 6) is 0.992. The first-order chi connectivity index (χ1) is 9.69. The number of esters is 1. The van der Waals surface area contributed by atoms with E-state index in [0.717, 1.165) is 32.1 Å². The number of hydrogen-bond donors (Lipinski definition) is 1. The second kappa shape index (κ2) is 7.19. The predicted octanol–water partition coefficient (Wildman–Crippen LogP) is 1.41. The van der Waals surface area contributed by atoms with Crippen molar-refractivity contribution < 1.29 is 9.53 Å². The van der Waals surface area contributed by atoms with Crippen LogP contribution >= 0.6 is 0 Å². The maximum atomic E-state index is 11.4. The van der Waals surface area contributed by atoms with Gasteiger partial charge in [-0.15, -0.1) is 0 Å². The number of anilines is 1. The summed E-state index contributed by atoms with van der Waals surface area (Å²) in [5, 5.41) is 3.20. The van der Waals surface area contributed by atoms with E-state index in [4.69, 9.17) is 0 Å². The number of likely N-dealkylation sites (tertiary alicyclic amines) is 1. The second-order valence-corrected chi connectivity index (χ2v) is 5.23. The third kappa shape index (κ3) is 4.16. The van der Waals surface area contributed by atoms with Crippen molar-refractivity contribution in [2.45, 2.75) is 19.8 Å². The van der Waals surface area contributed by atoms with Gasteiger partial charge in [0.25, 0.3) is 0 Å². The van der Waals surface area contributed by atoms with Gasteiger partial charge in [-0.05, 0) is 31.8 Å². The lowest BCUT2D eigenvalue weighted by Gasteiger charge is -2.30. The molecule has 0 saturated carbocycles. The fourth-order valence-corrected chi connectivity index (χ4v) is 2.28. The Kier molecular flexibility index (Phi) is 5.29. The third-order valence-corrected chi connectivity index (χ3v) is 3.64. The van der Waals surface area contributed by atoms with Crippen molar-refractivity contribution in [1.82, 2.24) is 14.9 Å². The SMILES string of the molecule is COC(=O)c1cncc(NCCN2CCC(C)CC2)n1. The lowest BCUT2D eigenvalue weighted by Crippen LogP contribution is -2.36. The molecule has 1 aliphatic heterocycles. The zero-order chi connectivity index (χ0) is 14.4. The Hall–Kier alpha value is -1.69. The lowest BCUT2D eigenvalue weighted by atomic mass is 9.99. The lowest BCUT2D eigenvalue weighted by molar-refractivity contribution is 0.0593. The molecular formula is C14H22N4O2. The minimum Gasteiger partial charge on any atom is -0.464 e. The molecule has 1 saturated heterocycles. The molecule has 20 heavy (non-hydrogen) atoms. The zero-order valence-corrected chi connectivity index (χ0v) is 12.1. The summed E-state index contributed by atoms with van der Waals surface area (Å²) in [7, 11) is 1.33. The van der Waals surface area contributed by atoms with E-state index in [-0.39, 0.29) is 5.69 Å². The van der Waals surface area contributed by atoms with E-state index >= 15 is 0 Å². The Morgan fingerprint density at radius 3 is 2.90 bits per heavy atom. The van der Waals surface area contributed by atoms with Crippen LogP contribution < -0.4 is 5.32 Å². The van der Waals surface area contributed by atoms with Crippen molar-refractivity contribution >= 4 is 11.8 Å². The van der Waals surface area contributed by atoms with E-state index in [2.05, 4.69) is 31.8 Å². The van der Waals surface area contributed by atoms with Crippen LogP contribution in [0.4, 0.5) is 5.82 Å². The molecule has 1 aromatic heterocycles. The predicted molar refractivity (Wildman–Crippen MR) is 76.7 cm³/mol. The standard InChI is InChI=1S/C14H22N4O2/c1-11-3-6-18(7-4-11)8-5-16-13-10-15-9-12(17-13)14(19)20-2/h9-11H,3-8H2,1-2H3,(H,16,17). The van der Waals surface area contributed by atoms with Gasteiger partial charge in [0.2, 0.25) is 0 Å². The third-order valence-electron chi connectivity index (χ3n) is 3.64. The van der Waals surface area contributed by atoms with Crippen molar-refractivity contribution in [1.29, 1.82) is 0 Å². The van der Waals surface area contributed by atoms with Crippen LogP contribution in [0.2, 0.25) is 0 Å². The average Bonchev–Trinajstić information content (AvgIpc) is 2.49. The van der Waals surface area contributed by atoms with E-state index in [1.54, 1.807) is 6.20 Å². The molecule has 0 aromatic carbocycles. The van der Waals surface area contributed by atoms with Crippen LogP contribution in [-0.2, 0) is 4.74 Å². The summed E-state index contributed by atoms with van der Waals surface area (Å²) in [6.45, 7) is 6.42. The Balaban J connectivity index is 1.78. The molecule has 6 nitrogen and oxygen atoms in total. The highest BCUT2D eigenvalue weighted by Crippen LogP contribution is 2.15. The molecule has 0 radical (unpaired) electrons. The molecule has 1 N–H and O–H groups in total. The van der Waals surface area contributed by atoms with Gasteiger partial charge in [0.15, 0.2) is 5.69 Å². The molecule has 0 bridgehead atoms. The molecule has 1 aromatic rings. The van der Waals surface area contributed by atoms with Crippen LogP contribution in [0, 0.1) is 5.92 Å². The first-order valence-electron chi connectivity index (χ1n) is 7.05. The molecule has 0 aliphatic carbocycles. The van der Waals surface area contributed by atoms with Gasteiger partial charge in [-0.25, -0.2) is 9.78 Å². The van der Waals surface area contributed by atoms with Crippen LogP contribution in [0.15, 0.2) is 12.4 Å². The Morgan fingerprint density at radius 2 is 2.20 bits per heavy atom. The van der Waals surface area contributed by atoms with Crippen molar-refractivity contribution in [2.75, 3.05) is 38.6 Å². The number of carbonyl (C=O) groups excluding carboxylic acids is 1. The van der Waals surface area contributed by atoms with E-state index in [9.17, 15) is 4.79 Å². The average molecular weight is 278 g/mol. The maximum Gasteiger partial charge on any atom is 0.358 e. The molecule has 0 amide bonds. The summed E-state index contributed by atoms with van der Waals surface area (Å²) in [6.07, 6.45) is 5.57. The van der Waals surface area contributed by atoms with Gasteiger partial charge in [0.05, 0.1) is 19.5 Å².